The smallest absolute Gasteiger partial charge is 0.140 e. The SMILES string of the molecule is c1ccc(C2(c3ccccc3)c3ccccc3Oc3c(-c4ccc5c(c4)C4(c6ccccc6-c6ccccc64)c4ccccc4-5)cccc32)cc1. The molecule has 1 heteroatoms. The molecule has 238 valence electrons. The molecule has 3 aliphatic rings. The van der Waals surface area contributed by atoms with Crippen LogP contribution in [0.1, 0.15) is 44.5 Å². The van der Waals surface area contributed by atoms with Crippen molar-refractivity contribution in [1.29, 1.82) is 0 Å². The van der Waals surface area contributed by atoms with E-state index < -0.39 is 10.8 Å². The van der Waals surface area contributed by atoms with Crippen molar-refractivity contribution in [3.8, 4) is 44.9 Å². The number of hydrogen-bond donors (Lipinski definition) is 0. The summed E-state index contributed by atoms with van der Waals surface area (Å²) < 4.78 is 7.07. The highest BCUT2D eigenvalue weighted by molar-refractivity contribution is 5.96. The van der Waals surface area contributed by atoms with Crippen molar-refractivity contribution < 1.29 is 4.74 Å². The molecule has 1 heterocycles. The summed E-state index contributed by atoms with van der Waals surface area (Å²) in [6, 6.07) is 71.2. The maximum Gasteiger partial charge on any atom is 0.140 e. The lowest BCUT2D eigenvalue weighted by molar-refractivity contribution is 0.436. The summed E-state index contributed by atoms with van der Waals surface area (Å²) in [4.78, 5) is 0. The van der Waals surface area contributed by atoms with Crippen molar-refractivity contribution in [1.82, 2.24) is 0 Å². The van der Waals surface area contributed by atoms with E-state index in [1.54, 1.807) is 0 Å². The van der Waals surface area contributed by atoms with Crippen molar-refractivity contribution in [3.05, 3.63) is 239 Å². The zero-order valence-corrected chi connectivity index (χ0v) is 27.9. The second-order valence-corrected chi connectivity index (χ2v) is 13.9. The molecule has 0 unspecified atom stereocenters. The molecule has 0 saturated heterocycles. The number of ether oxygens (including phenoxy) is 1. The number of fused-ring (bicyclic) bond motifs is 12. The third-order valence-electron chi connectivity index (χ3n) is 11.6. The summed E-state index contributed by atoms with van der Waals surface area (Å²) in [6.45, 7) is 0. The first kappa shape index (κ1) is 28.4. The van der Waals surface area contributed by atoms with Crippen molar-refractivity contribution >= 4 is 0 Å². The van der Waals surface area contributed by atoms with Crippen LogP contribution in [0.15, 0.2) is 194 Å². The molecule has 1 aliphatic heterocycles. The van der Waals surface area contributed by atoms with Crippen LogP contribution in [0.5, 0.6) is 11.5 Å². The van der Waals surface area contributed by atoms with Gasteiger partial charge in [0.15, 0.2) is 0 Å². The molecule has 0 saturated carbocycles. The maximum atomic E-state index is 7.07. The van der Waals surface area contributed by atoms with Crippen LogP contribution in [0.25, 0.3) is 33.4 Å². The normalized spacial score (nSPS) is 14.7. The summed E-state index contributed by atoms with van der Waals surface area (Å²) >= 11 is 0. The summed E-state index contributed by atoms with van der Waals surface area (Å²) in [5, 5.41) is 0. The minimum absolute atomic E-state index is 0.407. The van der Waals surface area contributed by atoms with Gasteiger partial charge in [0.2, 0.25) is 0 Å². The van der Waals surface area contributed by atoms with Gasteiger partial charge in [-0.2, -0.15) is 0 Å². The fraction of sp³-hybridized carbons (Fsp3) is 0.0400. The van der Waals surface area contributed by atoms with E-state index in [1.807, 2.05) is 0 Å². The van der Waals surface area contributed by atoms with E-state index in [0.29, 0.717) is 0 Å². The standard InChI is InChI=1S/C50H32O/c1-3-16-34(17-4-1)49(35-18-5-2-6-19-35)44-27-13-14-29-47(44)51-48-36(23-15-28-45(48)49)33-30-31-40-39-22-9-12-26-43(39)50(46(40)32-33)41-24-10-7-20-37(41)38-21-8-11-25-42(38)50/h1-32H. The second-order valence-electron chi connectivity index (χ2n) is 13.9. The van der Waals surface area contributed by atoms with E-state index in [9.17, 15) is 0 Å². The fourth-order valence-corrected chi connectivity index (χ4v) is 9.72. The summed E-state index contributed by atoms with van der Waals surface area (Å²) in [7, 11) is 0. The molecule has 11 rings (SSSR count). The van der Waals surface area contributed by atoms with Crippen LogP contribution in [0.3, 0.4) is 0 Å². The Morgan fingerprint density at radius 1 is 0.294 bits per heavy atom. The summed E-state index contributed by atoms with van der Waals surface area (Å²) in [5.41, 5.74) is 16.6. The van der Waals surface area contributed by atoms with Crippen LogP contribution in [0.4, 0.5) is 0 Å². The van der Waals surface area contributed by atoms with Crippen LogP contribution in [-0.4, -0.2) is 0 Å². The van der Waals surface area contributed by atoms with Crippen molar-refractivity contribution in [2.24, 2.45) is 0 Å². The van der Waals surface area contributed by atoms with E-state index in [2.05, 4.69) is 194 Å². The Labute approximate surface area is 298 Å². The quantitative estimate of drug-likeness (QED) is 0.185. The van der Waals surface area contributed by atoms with Crippen molar-refractivity contribution in [2.45, 2.75) is 10.8 Å². The highest BCUT2D eigenvalue weighted by Crippen LogP contribution is 2.64. The second kappa shape index (κ2) is 10.5. The van der Waals surface area contributed by atoms with E-state index >= 15 is 0 Å². The Morgan fingerprint density at radius 2 is 0.745 bits per heavy atom. The van der Waals surface area contributed by atoms with E-state index in [4.69, 9.17) is 4.74 Å². The Hall–Kier alpha value is -6.44. The lowest BCUT2D eigenvalue weighted by Gasteiger charge is -2.42. The van der Waals surface area contributed by atoms with E-state index in [1.165, 1.54) is 55.6 Å². The molecular formula is C50H32O. The molecule has 0 amide bonds. The summed E-state index contributed by atoms with van der Waals surface area (Å²) in [6.07, 6.45) is 0. The largest absolute Gasteiger partial charge is 0.456 e. The van der Waals surface area contributed by atoms with Crippen LogP contribution in [-0.2, 0) is 10.8 Å². The van der Waals surface area contributed by atoms with Gasteiger partial charge in [0.1, 0.15) is 11.5 Å². The van der Waals surface area contributed by atoms with Gasteiger partial charge in [-0.25, -0.2) is 0 Å². The lowest BCUT2D eigenvalue weighted by Crippen LogP contribution is -2.34. The Balaban J connectivity index is 1.21. The Bertz CT molecular complexity index is 2570. The number of benzene rings is 8. The molecule has 0 radical (unpaired) electrons. The van der Waals surface area contributed by atoms with Gasteiger partial charge >= 0.3 is 0 Å². The molecule has 0 N–H and O–H groups in total. The molecule has 2 aliphatic carbocycles. The predicted molar refractivity (Wildman–Crippen MR) is 207 cm³/mol. The van der Waals surface area contributed by atoms with Crippen molar-refractivity contribution in [3.63, 3.8) is 0 Å². The predicted octanol–water partition coefficient (Wildman–Crippen LogP) is 12.2. The molecule has 0 bridgehead atoms. The van der Waals surface area contributed by atoms with Crippen LogP contribution in [0.2, 0.25) is 0 Å². The van der Waals surface area contributed by atoms with Gasteiger partial charge in [-0.15, -0.1) is 0 Å². The van der Waals surface area contributed by atoms with Gasteiger partial charge in [-0.05, 0) is 73.3 Å². The van der Waals surface area contributed by atoms with Crippen molar-refractivity contribution in [2.75, 3.05) is 0 Å². The van der Waals surface area contributed by atoms with E-state index in [0.717, 1.165) is 33.8 Å². The molecule has 1 spiro atoms. The molecule has 51 heavy (non-hydrogen) atoms. The first-order valence-corrected chi connectivity index (χ1v) is 17.8. The molecule has 0 aromatic heterocycles. The molecule has 8 aromatic carbocycles. The summed E-state index contributed by atoms with van der Waals surface area (Å²) in [5.74, 6) is 1.79. The average Bonchev–Trinajstić information content (AvgIpc) is 3.67. The zero-order chi connectivity index (χ0) is 33.6. The number of para-hydroxylation sites is 2. The topological polar surface area (TPSA) is 9.23 Å². The third-order valence-corrected chi connectivity index (χ3v) is 11.6. The first-order valence-electron chi connectivity index (χ1n) is 17.8. The number of rotatable bonds is 3. The average molecular weight is 649 g/mol. The third kappa shape index (κ3) is 3.60. The molecule has 8 aromatic rings. The first-order chi connectivity index (χ1) is 25.3. The highest BCUT2D eigenvalue weighted by atomic mass is 16.5. The maximum absolute atomic E-state index is 7.07. The monoisotopic (exact) mass is 648 g/mol. The Morgan fingerprint density at radius 3 is 1.33 bits per heavy atom. The molecule has 0 fully saturated rings. The van der Waals surface area contributed by atoms with Gasteiger partial charge in [0, 0.05) is 16.7 Å². The van der Waals surface area contributed by atoms with Crippen LogP contribution in [0, 0.1) is 0 Å². The van der Waals surface area contributed by atoms with Gasteiger partial charge in [-0.3, -0.25) is 0 Å². The molecule has 0 atom stereocenters. The molecular weight excluding hydrogens is 617 g/mol. The van der Waals surface area contributed by atoms with Gasteiger partial charge in [-0.1, -0.05) is 182 Å². The van der Waals surface area contributed by atoms with Crippen LogP contribution >= 0.6 is 0 Å². The number of hydrogen-bond acceptors (Lipinski definition) is 1. The zero-order valence-electron chi connectivity index (χ0n) is 27.9. The minimum atomic E-state index is -0.569. The minimum Gasteiger partial charge on any atom is -0.456 e. The highest BCUT2D eigenvalue weighted by Gasteiger charge is 2.52. The lowest BCUT2D eigenvalue weighted by atomic mass is 9.63. The Kier molecular flexibility index (Phi) is 5.86. The van der Waals surface area contributed by atoms with Gasteiger partial charge in [0.25, 0.3) is 0 Å². The molecule has 1 nitrogen and oxygen atoms in total. The van der Waals surface area contributed by atoms with Gasteiger partial charge in [0.05, 0.1) is 10.8 Å². The fourth-order valence-electron chi connectivity index (χ4n) is 9.72. The van der Waals surface area contributed by atoms with Crippen LogP contribution < -0.4 is 4.74 Å². The van der Waals surface area contributed by atoms with E-state index in [-0.39, 0.29) is 0 Å². The van der Waals surface area contributed by atoms with Gasteiger partial charge < -0.3 is 4.74 Å².